The van der Waals surface area contributed by atoms with Gasteiger partial charge in [-0.1, -0.05) is 0 Å². The zero-order valence-corrected chi connectivity index (χ0v) is 15.2. The number of aliphatic hydroxyl groups is 1. The molecule has 1 rings (SSSR count). The Morgan fingerprint density at radius 1 is 1.12 bits per heavy atom. The van der Waals surface area contributed by atoms with Crippen LogP contribution in [0.4, 0.5) is 0 Å². The SMILES string of the molecule is [C-]#[N+]C1CCC(S(=O)(=O)CCCS(=O)(=O)NCC(C)O)CC1[N+]#[C-]. The molecule has 1 aliphatic carbocycles. The minimum absolute atomic E-state index is 0.0388. The molecule has 0 bridgehead atoms. The minimum atomic E-state index is -3.62. The molecule has 0 spiro atoms. The first-order valence-corrected chi connectivity index (χ1v) is 11.1. The summed E-state index contributed by atoms with van der Waals surface area (Å²) in [5.74, 6) is -0.594. The molecule has 1 saturated carbocycles. The van der Waals surface area contributed by atoms with Crippen LogP contribution >= 0.6 is 0 Å². The summed E-state index contributed by atoms with van der Waals surface area (Å²) in [7, 11) is -7.12. The number of nitrogens with one attached hydrogen (secondary N) is 1. The van der Waals surface area contributed by atoms with Crippen LogP contribution in [0.5, 0.6) is 0 Å². The van der Waals surface area contributed by atoms with Crippen LogP contribution in [0.2, 0.25) is 0 Å². The third kappa shape index (κ3) is 6.36. The normalized spacial score (nSPS) is 26.2. The first kappa shape index (κ1) is 20.8. The van der Waals surface area contributed by atoms with Crippen LogP contribution in [0.25, 0.3) is 9.69 Å². The van der Waals surface area contributed by atoms with Gasteiger partial charge in [0.15, 0.2) is 9.84 Å². The third-order valence-corrected chi connectivity index (χ3v) is 7.75. The van der Waals surface area contributed by atoms with Gasteiger partial charge in [-0.25, -0.2) is 34.7 Å². The van der Waals surface area contributed by atoms with E-state index in [9.17, 15) is 16.8 Å². The fourth-order valence-electron chi connectivity index (χ4n) is 2.65. The van der Waals surface area contributed by atoms with E-state index in [2.05, 4.69) is 14.4 Å². The smallest absolute Gasteiger partial charge is 0.298 e. The van der Waals surface area contributed by atoms with E-state index < -0.39 is 43.3 Å². The van der Waals surface area contributed by atoms with Crippen molar-refractivity contribution in [2.45, 2.75) is 56.0 Å². The molecule has 10 heteroatoms. The summed E-state index contributed by atoms with van der Waals surface area (Å²) in [5.41, 5.74) is 0. The number of hydrogen-bond donors (Lipinski definition) is 2. The Labute approximate surface area is 143 Å². The Kier molecular flexibility index (Phi) is 7.61. The second-order valence-corrected chi connectivity index (χ2v) is 10.4. The standard InChI is InChI=1S/C14H23N3O5S2/c1-11(18)10-17-24(21,22)8-4-7-23(19,20)12-5-6-13(15-2)14(9-12)16-3/h11-14,17-18H,4-10H2,1H3. The maximum Gasteiger partial charge on any atom is 0.298 e. The van der Waals surface area contributed by atoms with E-state index in [0.29, 0.717) is 12.8 Å². The number of rotatable bonds is 8. The summed E-state index contributed by atoms with van der Waals surface area (Å²) in [5, 5.41) is 8.38. The zero-order valence-electron chi connectivity index (χ0n) is 13.6. The Balaban J connectivity index is 2.56. The van der Waals surface area contributed by atoms with Gasteiger partial charge in [0, 0.05) is 19.4 Å². The van der Waals surface area contributed by atoms with Crippen molar-refractivity contribution in [2.75, 3.05) is 18.1 Å². The van der Waals surface area contributed by atoms with Gasteiger partial charge in [-0.15, -0.1) is 0 Å². The molecule has 1 fully saturated rings. The van der Waals surface area contributed by atoms with Crippen molar-refractivity contribution < 1.29 is 21.9 Å². The first-order chi connectivity index (χ1) is 11.1. The lowest BCUT2D eigenvalue weighted by Crippen LogP contribution is -2.38. The fourth-order valence-corrected chi connectivity index (χ4v) is 5.86. The van der Waals surface area contributed by atoms with Crippen LogP contribution < -0.4 is 4.72 Å². The highest BCUT2D eigenvalue weighted by atomic mass is 32.2. The quantitative estimate of drug-likeness (QED) is 0.588. The number of aliphatic hydroxyl groups excluding tert-OH is 1. The average Bonchev–Trinajstić information content (AvgIpc) is 2.52. The van der Waals surface area contributed by atoms with E-state index in [4.69, 9.17) is 18.3 Å². The van der Waals surface area contributed by atoms with Gasteiger partial charge in [-0.3, -0.25) is 0 Å². The summed E-state index contributed by atoms with van der Waals surface area (Å²) < 4.78 is 50.3. The Morgan fingerprint density at radius 2 is 1.75 bits per heavy atom. The van der Waals surface area contributed by atoms with Gasteiger partial charge in [-0.05, 0) is 19.8 Å². The van der Waals surface area contributed by atoms with E-state index in [1.54, 1.807) is 0 Å². The summed E-state index contributed by atoms with van der Waals surface area (Å²) in [6, 6.07) is -1.05. The van der Waals surface area contributed by atoms with Crippen molar-refractivity contribution in [3.05, 3.63) is 22.8 Å². The van der Waals surface area contributed by atoms with Crippen molar-refractivity contribution in [3.8, 4) is 0 Å². The van der Waals surface area contributed by atoms with E-state index in [0.717, 1.165) is 0 Å². The molecule has 0 radical (unpaired) electrons. The molecule has 0 aliphatic heterocycles. The Bertz CT molecular complexity index is 704. The van der Waals surface area contributed by atoms with Crippen molar-refractivity contribution in [1.29, 1.82) is 0 Å². The number of nitrogens with zero attached hydrogens (tertiary/aromatic N) is 2. The van der Waals surface area contributed by atoms with Crippen LogP contribution in [0.3, 0.4) is 0 Å². The highest BCUT2D eigenvalue weighted by molar-refractivity contribution is 7.92. The molecular weight excluding hydrogens is 354 g/mol. The van der Waals surface area contributed by atoms with Gasteiger partial charge >= 0.3 is 0 Å². The van der Waals surface area contributed by atoms with Gasteiger partial charge in [0.05, 0.1) is 22.9 Å². The van der Waals surface area contributed by atoms with Crippen molar-refractivity contribution in [2.24, 2.45) is 0 Å². The molecule has 0 saturated heterocycles. The molecular formula is C14H23N3O5S2. The molecule has 4 unspecified atom stereocenters. The molecule has 2 N–H and O–H groups in total. The van der Waals surface area contributed by atoms with Crippen molar-refractivity contribution in [1.82, 2.24) is 4.72 Å². The number of hydrogen-bond acceptors (Lipinski definition) is 5. The van der Waals surface area contributed by atoms with Crippen LogP contribution in [-0.2, 0) is 19.9 Å². The summed E-state index contributed by atoms with van der Waals surface area (Å²) in [6.45, 7) is 15.5. The molecule has 1 aliphatic rings. The molecule has 24 heavy (non-hydrogen) atoms. The predicted octanol–water partition coefficient (Wildman–Crippen LogP) is 0.220. The molecule has 0 aromatic heterocycles. The molecule has 0 aromatic carbocycles. The largest absolute Gasteiger partial charge is 0.392 e. The predicted molar refractivity (Wildman–Crippen MR) is 90.3 cm³/mol. The van der Waals surface area contributed by atoms with E-state index >= 15 is 0 Å². The first-order valence-electron chi connectivity index (χ1n) is 7.71. The summed E-state index contributed by atoms with van der Waals surface area (Å²) in [4.78, 5) is 6.74. The highest BCUT2D eigenvalue weighted by Gasteiger charge is 2.43. The number of sulfonamides is 1. The van der Waals surface area contributed by atoms with Crippen LogP contribution in [0.1, 0.15) is 32.6 Å². The minimum Gasteiger partial charge on any atom is -0.392 e. The molecule has 8 nitrogen and oxygen atoms in total. The van der Waals surface area contributed by atoms with Crippen molar-refractivity contribution in [3.63, 3.8) is 0 Å². The maximum absolute atomic E-state index is 12.4. The second kappa shape index (κ2) is 8.77. The topological polar surface area (TPSA) is 109 Å². The number of sulfone groups is 1. The second-order valence-electron chi connectivity index (χ2n) is 6.06. The highest BCUT2D eigenvalue weighted by Crippen LogP contribution is 2.29. The van der Waals surface area contributed by atoms with E-state index in [-0.39, 0.29) is 30.9 Å². The van der Waals surface area contributed by atoms with Crippen molar-refractivity contribution >= 4 is 19.9 Å². The molecule has 0 heterocycles. The van der Waals surface area contributed by atoms with Crippen LogP contribution in [0, 0.1) is 13.1 Å². The maximum atomic E-state index is 12.4. The monoisotopic (exact) mass is 377 g/mol. The summed E-state index contributed by atoms with van der Waals surface area (Å²) in [6.07, 6.45) is 0.0180. The Hall–Kier alpha value is -1.20. The lowest BCUT2D eigenvalue weighted by Gasteiger charge is -2.23. The Morgan fingerprint density at radius 3 is 2.29 bits per heavy atom. The molecule has 4 atom stereocenters. The summed E-state index contributed by atoms with van der Waals surface area (Å²) >= 11 is 0. The zero-order chi connectivity index (χ0) is 18.4. The van der Waals surface area contributed by atoms with Gasteiger partial charge < -0.3 is 14.8 Å². The molecule has 0 amide bonds. The third-order valence-electron chi connectivity index (χ3n) is 4.01. The molecule has 136 valence electrons. The van der Waals surface area contributed by atoms with Gasteiger partial charge in [-0.2, -0.15) is 0 Å². The van der Waals surface area contributed by atoms with E-state index in [1.807, 2.05) is 0 Å². The lowest BCUT2D eigenvalue weighted by molar-refractivity contribution is 0.198. The van der Waals surface area contributed by atoms with Gasteiger partial charge in [0.1, 0.15) is 0 Å². The average molecular weight is 377 g/mol. The van der Waals surface area contributed by atoms with E-state index in [1.165, 1.54) is 6.92 Å². The van der Waals surface area contributed by atoms with Crippen LogP contribution in [0.15, 0.2) is 0 Å². The molecule has 0 aromatic rings. The van der Waals surface area contributed by atoms with Gasteiger partial charge in [0.2, 0.25) is 10.0 Å². The fraction of sp³-hybridized carbons (Fsp3) is 0.857. The van der Waals surface area contributed by atoms with Crippen LogP contribution in [-0.4, -0.2) is 63.4 Å². The van der Waals surface area contributed by atoms with Gasteiger partial charge in [0.25, 0.3) is 12.1 Å². The lowest BCUT2D eigenvalue weighted by atomic mass is 9.91.